The van der Waals surface area contributed by atoms with Crippen LogP contribution in [-0.2, 0) is 14.3 Å². The number of carbonyl (C=O) groups is 1. The van der Waals surface area contributed by atoms with Crippen LogP contribution in [0.1, 0.15) is 37.9 Å². The molecule has 2 saturated heterocycles. The molecule has 6 nitrogen and oxygen atoms in total. The maximum absolute atomic E-state index is 13.2. The second-order valence-corrected chi connectivity index (χ2v) is 8.38. The molecule has 7 atom stereocenters. The van der Waals surface area contributed by atoms with Crippen LogP contribution < -0.4 is 0 Å². The Morgan fingerprint density at radius 2 is 2.15 bits per heavy atom. The van der Waals surface area contributed by atoms with Crippen molar-refractivity contribution in [3.63, 3.8) is 0 Å². The molecule has 2 bridgehead atoms. The van der Waals surface area contributed by atoms with Crippen molar-refractivity contribution < 1.29 is 28.9 Å². The van der Waals surface area contributed by atoms with Crippen LogP contribution in [-0.4, -0.2) is 41.6 Å². The molecule has 3 fully saturated rings. The first-order valence-electron chi connectivity index (χ1n) is 9.37. The first-order chi connectivity index (χ1) is 12.5. The number of esters is 1. The number of ether oxygens (including phenoxy) is 2. The Morgan fingerprint density at radius 1 is 1.31 bits per heavy atom. The molecule has 1 saturated carbocycles. The lowest BCUT2D eigenvalue weighted by Crippen LogP contribution is -2.66. The van der Waals surface area contributed by atoms with Gasteiger partial charge >= 0.3 is 5.97 Å². The van der Waals surface area contributed by atoms with Crippen LogP contribution in [0.25, 0.3) is 0 Å². The van der Waals surface area contributed by atoms with E-state index in [0.29, 0.717) is 25.9 Å². The fourth-order valence-corrected chi connectivity index (χ4v) is 6.18. The van der Waals surface area contributed by atoms with Gasteiger partial charge in [0.1, 0.15) is 6.10 Å². The predicted octanol–water partition coefficient (Wildman–Crippen LogP) is 1.98. The van der Waals surface area contributed by atoms with Crippen molar-refractivity contribution in [1.82, 2.24) is 0 Å². The maximum Gasteiger partial charge on any atom is 0.313 e. The van der Waals surface area contributed by atoms with E-state index >= 15 is 0 Å². The molecule has 0 aromatic carbocycles. The van der Waals surface area contributed by atoms with Crippen molar-refractivity contribution in [2.45, 2.75) is 44.5 Å². The number of rotatable bonds is 2. The van der Waals surface area contributed by atoms with Gasteiger partial charge in [0.15, 0.2) is 0 Å². The summed E-state index contributed by atoms with van der Waals surface area (Å²) < 4.78 is 16.9. The van der Waals surface area contributed by atoms with Gasteiger partial charge in [0.05, 0.1) is 43.4 Å². The molecule has 6 heteroatoms. The van der Waals surface area contributed by atoms with Gasteiger partial charge in [-0.1, -0.05) is 13.0 Å². The minimum Gasteiger partial charge on any atom is -0.472 e. The molecule has 2 spiro atoms. The first kappa shape index (κ1) is 16.5. The van der Waals surface area contributed by atoms with Crippen LogP contribution in [0.5, 0.6) is 0 Å². The second-order valence-electron chi connectivity index (χ2n) is 8.38. The van der Waals surface area contributed by atoms with Gasteiger partial charge < -0.3 is 24.1 Å². The Hall–Kier alpha value is -1.63. The minimum atomic E-state index is -0.694. The molecule has 26 heavy (non-hydrogen) atoms. The van der Waals surface area contributed by atoms with Crippen molar-refractivity contribution in [2.24, 2.45) is 22.7 Å². The second kappa shape index (κ2) is 5.44. The van der Waals surface area contributed by atoms with Crippen LogP contribution in [0.3, 0.4) is 0 Å². The normalized spacial score (nSPS) is 47.0. The van der Waals surface area contributed by atoms with Gasteiger partial charge in [-0.05, 0) is 36.3 Å². The highest BCUT2D eigenvalue weighted by Gasteiger charge is 2.70. The van der Waals surface area contributed by atoms with E-state index < -0.39 is 16.9 Å². The monoisotopic (exact) mass is 360 g/mol. The van der Waals surface area contributed by atoms with Gasteiger partial charge in [-0.25, -0.2) is 0 Å². The Kier molecular flexibility index (Phi) is 3.46. The van der Waals surface area contributed by atoms with Gasteiger partial charge in [-0.3, -0.25) is 4.79 Å². The topological polar surface area (TPSA) is 89.1 Å². The van der Waals surface area contributed by atoms with E-state index in [1.807, 2.05) is 19.1 Å². The van der Waals surface area contributed by atoms with Crippen LogP contribution in [0.15, 0.2) is 34.7 Å². The molecule has 2 N–H and O–H groups in total. The van der Waals surface area contributed by atoms with Crippen molar-refractivity contribution in [1.29, 1.82) is 0 Å². The summed E-state index contributed by atoms with van der Waals surface area (Å²) in [6.07, 6.45) is 5.86. The average Bonchev–Trinajstić information content (AvgIpc) is 3.29. The number of aliphatic hydroxyl groups excluding tert-OH is 2. The molecule has 2 aliphatic carbocycles. The van der Waals surface area contributed by atoms with Gasteiger partial charge in [0, 0.05) is 17.4 Å². The third-order valence-electron chi connectivity index (χ3n) is 7.52. The van der Waals surface area contributed by atoms with E-state index in [1.165, 1.54) is 0 Å². The van der Waals surface area contributed by atoms with Crippen LogP contribution in [0.2, 0.25) is 0 Å². The number of hydrogen-bond donors (Lipinski definition) is 2. The highest BCUT2D eigenvalue weighted by molar-refractivity contribution is 5.81. The maximum atomic E-state index is 13.2. The molecular weight excluding hydrogens is 336 g/mol. The Labute approximate surface area is 151 Å². The SMILES string of the molecule is C[C@@H]1C[C@@H](O)[C@@]23CO[C@@H](C=C2CO)C[C@@H]3[C@@]12C[C@@H](c1ccoc1)OC2=O. The Bertz CT molecular complexity index is 754. The number of cyclic esters (lactones) is 1. The van der Waals surface area contributed by atoms with E-state index in [9.17, 15) is 15.0 Å². The van der Waals surface area contributed by atoms with E-state index in [2.05, 4.69) is 0 Å². The third kappa shape index (κ3) is 1.85. The summed E-state index contributed by atoms with van der Waals surface area (Å²) in [7, 11) is 0. The molecule has 0 radical (unpaired) electrons. The quantitative estimate of drug-likeness (QED) is 0.619. The molecule has 140 valence electrons. The standard InChI is InChI=1S/C20H24O6/c1-11-4-17(22)20-10-25-14(5-13(20)8-21)6-16(20)19(11)7-15(26-18(19)23)12-2-3-24-9-12/h2-3,5,9,11,14-17,21-22H,4,6-8,10H2,1H3/t11-,14+,15+,16-,17-,19-,20+/m1/s1. The summed E-state index contributed by atoms with van der Waals surface area (Å²) in [5.74, 6) is -0.279. The zero-order valence-corrected chi connectivity index (χ0v) is 14.8. The van der Waals surface area contributed by atoms with Crippen molar-refractivity contribution in [3.05, 3.63) is 35.8 Å². The summed E-state index contributed by atoms with van der Waals surface area (Å²) in [5.41, 5.74) is 0.333. The number of furan rings is 1. The summed E-state index contributed by atoms with van der Waals surface area (Å²) in [6.45, 7) is 2.28. The van der Waals surface area contributed by atoms with E-state index in [-0.39, 0.29) is 36.6 Å². The smallest absolute Gasteiger partial charge is 0.313 e. The fourth-order valence-electron chi connectivity index (χ4n) is 6.18. The fraction of sp³-hybridized carbons (Fsp3) is 0.650. The zero-order valence-electron chi connectivity index (χ0n) is 14.8. The van der Waals surface area contributed by atoms with Crippen LogP contribution >= 0.6 is 0 Å². The van der Waals surface area contributed by atoms with Gasteiger partial charge in [-0.2, -0.15) is 0 Å². The average molecular weight is 360 g/mol. The summed E-state index contributed by atoms with van der Waals surface area (Å²) in [6, 6.07) is 1.84. The zero-order chi connectivity index (χ0) is 18.1. The predicted molar refractivity (Wildman–Crippen MR) is 89.8 cm³/mol. The van der Waals surface area contributed by atoms with Gasteiger partial charge in [-0.15, -0.1) is 0 Å². The van der Waals surface area contributed by atoms with Crippen molar-refractivity contribution in [2.75, 3.05) is 13.2 Å². The first-order valence-corrected chi connectivity index (χ1v) is 9.37. The van der Waals surface area contributed by atoms with Crippen LogP contribution in [0.4, 0.5) is 0 Å². The lowest BCUT2D eigenvalue weighted by Gasteiger charge is -2.62. The third-order valence-corrected chi connectivity index (χ3v) is 7.52. The molecular formula is C20H24O6. The van der Waals surface area contributed by atoms with E-state index in [4.69, 9.17) is 13.9 Å². The summed E-state index contributed by atoms with van der Waals surface area (Å²) in [4.78, 5) is 13.2. The summed E-state index contributed by atoms with van der Waals surface area (Å²) in [5, 5.41) is 21.0. The van der Waals surface area contributed by atoms with Crippen molar-refractivity contribution >= 4 is 5.97 Å². The number of aliphatic hydroxyl groups is 2. The Morgan fingerprint density at radius 3 is 2.88 bits per heavy atom. The van der Waals surface area contributed by atoms with E-state index in [1.54, 1.807) is 12.5 Å². The largest absolute Gasteiger partial charge is 0.472 e. The van der Waals surface area contributed by atoms with Gasteiger partial charge in [0.25, 0.3) is 0 Å². The highest BCUT2D eigenvalue weighted by atomic mass is 16.6. The van der Waals surface area contributed by atoms with E-state index in [0.717, 1.165) is 11.1 Å². The highest BCUT2D eigenvalue weighted by Crippen LogP contribution is 2.67. The van der Waals surface area contributed by atoms with Crippen molar-refractivity contribution in [3.8, 4) is 0 Å². The Balaban J connectivity index is 1.61. The lowest BCUT2D eigenvalue weighted by molar-refractivity contribution is -0.213. The molecule has 1 aromatic rings. The minimum absolute atomic E-state index is 0.00295. The summed E-state index contributed by atoms with van der Waals surface area (Å²) >= 11 is 0. The molecule has 0 unspecified atom stereocenters. The number of carbonyl (C=O) groups excluding carboxylic acids is 1. The molecule has 4 heterocycles. The lowest BCUT2D eigenvalue weighted by atomic mass is 9.44. The molecule has 3 aliphatic heterocycles. The number of fused-ring (bicyclic) bond motifs is 1. The van der Waals surface area contributed by atoms with Gasteiger partial charge in [0.2, 0.25) is 0 Å². The molecule has 6 rings (SSSR count). The molecule has 5 aliphatic rings. The molecule has 0 amide bonds. The van der Waals surface area contributed by atoms with Crippen LogP contribution in [0, 0.1) is 22.7 Å². The number of hydrogen-bond acceptors (Lipinski definition) is 6. The molecule has 1 aromatic heterocycles.